The van der Waals surface area contributed by atoms with E-state index < -0.39 is 5.60 Å². The number of carbonyl (C=O) groups excluding carboxylic acids is 1. The van der Waals surface area contributed by atoms with E-state index in [9.17, 15) is 9.90 Å². The van der Waals surface area contributed by atoms with Gasteiger partial charge in [-0.15, -0.1) is 0 Å². The normalized spacial score (nSPS) is 15.1. The van der Waals surface area contributed by atoms with Gasteiger partial charge in [-0.05, 0) is 108 Å². The van der Waals surface area contributed by atoms with Gasteiger partial charge < -0.3 is 14.6 Å². The zero-order valence-electron chi connectivity index (χ0n) is 19.2. The summed E-state index contributed by atoms with van der Waals surface area (Å²) in [5.74, 6) is 3.51. The molecule has 0 saturated carbocycles. The maximum Gasteiger partial charge on any atom is 0.150 e. The Morgan fingerprint density at radius 2 is 1.64 bits per heavy atom. The number of rotatable bonds is 8. The Kier molecular flexibility index (Phi) is 7.41. The van der Waals surface area contributed by atoms with E-state index >= 15 is 0 Å². The van der Waals surface area contributed by atoms with Crippen LogP contribution in [0.15, 0.2) is 60.7 Å². The molecular weight excluding hydrogens is 432 g/mol. The molecule has 0 amide bonds. The van der Waals surface area contributed by atoms with E-state index in [1.807, 2.05) is 30.0 Å². The molecule has 0 aromatic heterocycles. The highest BCUT2D eigenvalue weighted by Gasteiger charge is 2.30. The summed E-state index contributed by atoms with van der Waals surface area (Å²) >= 11 is 1.89. The van der Waals surface area contributed by atoms with Crippen molar-refractivity contribution in [3.8, 4) is 22.6 Å². The largest absolute Gasteiger partial charge is 0.491 e. The monoisotopic (exact) mass is 462 g/mol. The third kappa shape index (κ3) is 5.98. The molecular formula is C28H30O4S. The van der Waals surface area contributed by atoms with Gasteiger partial charge in [0.1, 0.15) is 36.6 Å². The van der Waals surface area contributed by atoms with Crippen LogP contribution in [-0.2, 0) is 6.61 Å². The number of hydrogen-bond donors (Lipinski definition) is 1. The lowest BCUT2D eigenvalue weighted by molar-refractivity contribution is -0.0115. The SMILES string of the molecule is Cc1cc(OCC2(O)CCSCC2)cc(C)c1-c1cccc(COc2ccc(C=O)cc2)c1. The number of aliphatic hydroxyl groups is 1. The van der Waals surface area contributed by atoms with Crippen molar-refractivity contribution >= 4 is 18.0 Å². The molecule has 1 saturated heterocycles. The maximum atomic E-state index is 10.8. The maximum absolute atomic E-state index is 10.8. The minimum Gasteiger partial charge on any atom is -0.491 e. The zero-order chi connectivity index (χ0) is 23.3. The van der Waals surface area contributed by atoms with E-state index in [1.54, 1.807) is 12.1 Å². The van der Waals surface area contributed by atoms with Crippen LogP contribution < -0.4 is 9.47 Å². The Balaban J connectivity index is 1.46. The summed E-state index contributed by atoms with van der Waals surface area (Å²) in [7, 11) is 0. The van der Waals surface area contributed by atoms with Crippen molar-refractivity contribution in [3.63, 3.8) is 0 Å². The van der Waals surface area contributed by atoms with E-state index in [4.69, 9.17) is 9.47 Å². The van der Waals surface area contributed by atoms with Gasteiger partial charge in [-0.2, -0.15) is 11.8 Å². The topological polar surface area (TPSA) is 55.8 Å². The molecule has 5 heteroatoms. The van der Waals surface area contributed by atoms with Crippen LogP contribution in [0.5, 0.6) is 11.5 Å². The first-order valence-electron chi connectivity index (χ1n) is 11.3. The lowest BCUT2D eigenvalue weighted by Crippen LogP contribution is -2.39. The molecule has 0 bridgehead atoms. The fourth-order valence-corrected chi connectivity index (χ4v) is 5.45. The first-order valence-corrected chi connectivity index (χ1v) is 12.4. The molecule has 0 atom stereocenters. The average Bonchev–Trinajstić information content (AvgIpc) is 2.82. The second-order valence-electron chi connectivity index (χ2n) is 8.73. The van der Waals surface area contributed by atoms with Crippen molar-refractivity contribution in [3.05, 3.63) is 82.9 Å². The third-order valence-electron chi connectivity index (χ3n) is 6.07. The predicted molar refractivity (Wildman–Crippen MR) is 135 cm³/mol. The Hall–Kier alpha value is -2.76. The zero-order valence-corrected chi connectivity index (χ0v) is 20.0. The molecule has 3 aromatic carbocycles. The van der Waals surface area contributed by atoms with Gasteiger partial charge in [0.05, 0.1) is 0 Å². The van der Waals surface area contributed by atoms with Crippen molar-refractivity contribution in [1.29, 1.82) is 0 Å². The van der Waals surface area contributed by atoms with Gasteiger partial charge in [-0.25, -0.2) is 0 Å². The number of aryl methyl sites for hydroxylation is 2. The van der Waals surface area contributed by atoms with Crippen molar-refractivity contribution in [1.82, 2.24) is 0 Å². The number of ether oxygens (including phenoxy) is 2. The molecule has 0 unspecified atom stereocenters. The molecule has 0 spiro atoms. The van der Waals surface area contributed by atoms with Gasteiger partial charge in [0.2, 0.25) is 0 Å². The van der Waals surface area contributed by atoms with E-state index in [0.717, 1.165) is 64.4 Å². The summed E-state index contributed by atoms with van der Waals surface area (Å²) in [6.45, 7) is 4.98. The first-order chi connectivity index (χ1) is 16.0. The van der Waals surface area contributed by atoms with Crippen LogP contribution >= 0.6 is 11.8 Å². The van der Waals surface area contributed by atoms with Crippen LogP contribution in [-0.4, -0.2) is 35.1 Å². The van der Waals surface area contributed by atoms with E-state index in [-0.39, 0.29) is 0 Å². The van der Waals surface area contributed by atoms with Crippen molar-refractivity contribution in [2.75, 3.05) is 18.1 Å². The van der Waals surface area contributed by atoms with Crippen molar-refractivity contribution in [2.45, 2.75) is 38.9 Å². The number of thioether (sulfide) groups is 1. The lowest BCUT2D eigenvalue weighted by Gasteiger charge is -2.31. The molecule has 0 radical (unpaired) electrons. The van der Waals surface area contributed by atoms with Crippen LogP contribution in [0.25, 0.3) is 11.1 Å². The quantitative estimate of drug-likeness (QED) is 0.416. The summed E-state index contributed by atoms with van der Waals surface area (Å²) in [4.78, 5) is 10.8. The molecule has 1 fully saturated rings. The standard InChI is InChI=1S/C28H30O4S/c1-20-14-26(32-19-28(30)10-12-33-13-11-28)15-21(2)27(20)24-5-3-4-23(16-24)18-31-25-8-6-22(17-29)7-9-25/h3-9,14-17,30H,10-13,18-19H2,1-2H3. The molecule has 172 valence electrons. The van der Waals surface area contributed by atoms with Gasteiger partial charge in [-0.1, -0.05) is 18.2 Å². The highest BCUT2D eigenvalue weighted by atomic mass is 32.2. The second kappa shape index (κ2) is 10.4. The summed E-state index contributed by atoms with van der Waals surface area (Å²) in [5.41, 5.74) is 5.59. The van der Waals surface area contributed by atoms with Crippen molar-refractivity contribution in [2.24, 2.45) is 0 Å². The highest BCUT2D eigenvalue weighted by molar-refractivity contribution is 7.99. The number of benzene rings is 3. The Morgan fingerprint density at radius 3 is 2.30 bits per heavy atom. The average molecular weight is 463 g/mol. The molecule has 1 N–H and O–H groups in total. The van der Waals surface area contributed by atoms with E-state index in [1.165, 1.54) is 5.56 Å². The van der Waals surface area contributed by atoms with Gasteiger partial charge in [0, 0.05) is 5.56 Å². The van der Waals surface area contributed by atoms with E-state index in [2.05, 4.69) is 44.2 Å². The number of hydrogen-bond acceptors (Lipinski definition) is 5. The smallest absolute Gasteiger partial charge is 0.150 e. The molecule has 0 aliphatic carbocycles. The van der Waals surface area contributed by atoms with Gasteiger partial charge in [0.25, 0.3) is 0 Å². The molecule has 1 aliphatic rings. The molecule has 1 heterocycles. The summed E-state index contributed by atoms with van der Waals surface area (Å²) in [5, 5.41) is 10.7. The lowest BCUT2D eigenvalue weighted by atomic mass is 9.94. The van der Waals surface area contributed by atoms with Crippen LogP contribution in [0.3, 0.4) is 0 Å². The van der Waals surface area contributed by atoms with Crippen molar-refractivity contribution < 1.29 is 19.4 Å². The predicted octanol–water partition coefficient (Wildman–Crippen LogP) is 6.00. The van der Waals surface area contributed by atoms with Crippen LogP contribution in [0.1, 0.15) is 39.9 Å². The van der Waals surface area contributed by atoms with E-state index in [0.29, 0.717) is 18.8 Å². The van der Waals surface area contributed by atoms with Crippen LogP contribution in [0, 0.1) is 13.8 Å². The Labute approximate surface area is 199 Å². The fraction of sp³-hybridized carbons (Fsp3) is 0.321. The molecule has 4 nitrogen and oxygen atoms in total. The van der Waals surface area contributed by atoms with Gasteiger partial charge in [0.15, 0.2) is 0 Å². The molecule has 33 heavy (non-hydrogen) atoms. The molecule has 4 rings (SSSR count). The minimum atomic E-state index is -0.715. The fourth-order valence-electron chi connectivity index (χ4n) is 4.20. The summed E-state index contributed by atoms with van der Waals surface area (Å²) in [6, 6.07) is 19.6. The summed E-state index contributed by atoms with van der Waals surface area (Å²) < 4.78 is 11.9. The van der Waals surface area contributed by atoms with Crippen LogP contribution in [0.2, 0.25) is 0 Å². The number of aldehydes is 1. The van der Waals surface area contributed by atoms with Gasteiger partial charge >= 0.3 is 0 Å². The number of carbonyl (C=O) groups is 1. The third-order valence-corrected chi connectivity index (χ3v) is 7.06. The van der Waals surface area contributed by atoms with Crippen LogP contribution in [0.4, 0.5) is 0 Å². The first kappa shape index (κ1) is 23.4. The molecule has 3 aromatic rings. The van der Waals surface area contributed by atoms with Gasteiger partial charge in [-0.3, -0.25) is 4.79 Å². The highest BCUT2D eigenvalue weighted by Crippen LogP contribution is 2.33. The Morgan fingerprint density at radius 1 is 0.939 bits per heavy atom. The Bertz CT molecular complexity index is 1080. The summed E-state index contributed by atoms with van der Waals surface area (Å²) in [6.07, 6.45) is 2.39. The second-order valence-corrected chi connectivity index (χ2v) is 9.96. The minimum absolute atomic E-state index is 0.340. The molecule has 1 aliphatic heterocycles.